The Labute approximate surface area is 164 Å². The maximum atomic E-state index is 12.9. The van der Waals surface area contributed by atoms with Crippen molar-refractivity contribution >= 4 is 17.7 Å². The van der Waals surface area contributed by atoms with E-state index >= 15 is 0 Å². The number of carbonyl (C=O) groups excluding carboxylic acids is 1. The van der Waals surface area contributed by atoms with E-state index in [1.807, 2.05) is 53.4 Å². The molecule has 0 atom stereocenters. The van der Waals surface area contributed by atoms with Crippen LogP contribution in [0, 0.1) is 0 Å². The molecule has 0 fully saturated rings. The Balaban J connectivity index is 1.71. The predicted molar refractivity (Wildman–Crippen MR) is 111 cm³/mol. The average molecular weight is 370 g/mol. The fraction of sp³-hybridized carbons (Fsp3) is 0.217. The highest BCUT2D eigenvalue weighted by atomic mass is 16.1. The Bertz CT molecular complexity index is 1030. The van der Waals surface area contributed by atoms with Gasteiger partial charge in [0.1, 0.15) is 5.84 Å². The molecular formula is C23H22N4O. The van der Waals surface area contributed by atoms with Gasteiger partial charge in [-0.2, -0.15) is 4.99 Å². The molecule has 0 saturated heterocycles. The number of anilines is 1. The Morgan fingerprint density at radius 1 is 0.964 bits per heavy atom. The molecule has 2 heterocycles. The summed E-state index contributed by atoms with van der Waals surface area (Å²) in [4.78, 5) is 27.9. The average Bonchev–Trinajstić information content (AvgIpc) is 3.06. The van der Waals surface area contributed by atoms with Crippen LogP contribution in [0.2, 0.25) is 0 Å². The number of carbonyl (C=O) groups is 1. The van der Waals surface area contributed by atoms with Crippen molar-refractivity contribution in [1.29, 1.82) is 0 Å². The Hall–Kier alpha value is -3.34. The van der Waals surface area contributed by atoms with Gasteiger partial charge in [-0.05, 0) is 34.7 Å². The summed E-state index contributed by atoms with van der Waals surface area (Å²) in [6.45, 7) is 7.04. The summed E-state index contributed by atoms with van der Waals surface area (Å²) in [5, 5.41) is 0. The minimum Gasteiger partial charge on any atom is -0.290 e. The zero-order valence-corrected chi connectivity index (χ0v) is 16.3. The van der Waals surface area contributed by atoms with E-state index in [1.54, 1.807) is 18.5 Å². The standard InChI is InChI=1S/C23H22N4O/c1-23(2,3)18-11-9-16(10-12-18)21(28)26-20-19-8-5-4-7-17(19)15-27(20)22-24-13-6-14-25-22/h4-14H,15H2,1-3H3. The topological polar surface area (TPSA) is 58.5 Å². The first-order chi connectivity index (χ1) is 13.4. The van der Waals surface area contributed by atoms with E-state index in [1.165, 1.54) is 5.56 Å². The van der Waals surface area contributed by atoms with E-state index in [9.17, 15) is 4.79 Å². The number of hydrogen-bond donors (Lipinski definition) is 0. The van der Waals surface area contributed by atoms with Gasteiger partial charge in [0.25, 0.3) is 5.91 Å². The second-order valence-corrected chi connectivity index (χ2v) is 7.86. The lowest BCUT2D eigenvalue weighted by Crippen LogP contribution is -2.27. The maximum Gasteiger partial charge on any atom is 0.278 e. The third-order valence-electron chi connectivity index (χ3n) is 4.84. The molecule has 0 bridgehead atoms. The van der Waals surface area contributed by atoms with Crippen LogP contribution in [-0.2, 0) is 12.0 Å². The van der Waals surface area contributed by atoms with Crippen molar-refractivity contribution in [2.45, 2.75) is 32.7 Å². The summed E-state index contributed by atoms with van der Waals surface area (Å²) in [6, 6.07) is 17.4. The molecule has 1 aliphatic rings. The lowest BCUT2D eigenvalue weighted by atomic mass is 9.87. The molecule has 0 unspecified atom stereocenters. The number of nitrogens with zero attached hydrogens (tertiary/aromatic N) is 4. The molecule has 1 aromatic heterocycles. The van der Waals surface area contributed by atoms with Gasteiger partial charge in [-0.15, -0.1) is 0 Å². The largest absolute Gasteiger partial charge is 0.290 e. The van der Waals surface area contributed by atoms with Gasteiger partial charge >= 0.3 is 0 Å². The molecule has 4 rings (SSSR count). The quantitative estimate of drug-likeness (QED) is 0.672. The van der Waals surface area contributed by atoms with Gasteiger partial charge in [-0.1, -0.05) is 57.2 Å². The Kier molecular flexibility index (Phi) is 4.51. The maximum absolute atomic E-state index is 12.9. The van der Waals surface area contributed by atoms with Crippen molar-refractivity contribution in [1.82, 2.24) is 9.97 Å². The van der Waals surface area contributed by atoms with E-state index in [0.717, 1.165) is 11.1 Å². The van der Waals surface area contributed by atoms with Gasteiger partial charge in [-0.25, -0.2) is 9.97 Å². The molecule has 0 saturated carbocycles. The molecule has 3 aromatic rings. The Morgan fingerprint density at radius 3 is 2.32 bits per heavy atom. The number of aromatic nitrogens is 2. The monoisotopic (exact) mass is 370 g/mol. The van der Waals surface area contributed by atoms with E-state index in [-0.39, 0.29) is 11.3 Å². The molecule has 140 valence electrons. The van der Waals surface area contributed by atoms with Crippen molar-refractivity contribution in [3.8, 4) is 0 Å². The van der Waals surface area contributed by atoms with E-state index in [4.69, 9.17) is 0 Å². The molecule has 2 aromatic carbocycles. The van der Waals surface area contributed by atoms with Crippen molar-refractivity contribution in [3.05, 3.63) is 89.2 Å². The summed E-state index contributed by atoms with van der Waals surface area (Å²) >= 11 is 0. The first kappa shape index (κ1) is 18.0. The summed E-state index contributed by atoms with van der Waals surface area (Å²) < 4.78 is 0. The van der Waals surface area contributed by atoms with Crippen LogP contribution in [0.25, 0.3) is 0 Å². The number of fused-ring (bicyclic) bond motifs is 1. The Morgan fingerprint density at radius 2 is 1.64 bits per heavy atom. The zero-order chi connectivity index (χ0) is 19.7. The second kappa shape index (κ2) is 7.00. The highest BCUT2D eigenvalue weighted by Gasteiger charge is 2.29. The number of hydrogen-bond acceptors (Lipinski definition) is 3. The summed E-state index contributed by atoms with van der Waals surface area (Å²) in [5.74, 6) is 0.855. The van der Waals surface area contributed by atoms with Crippen LogP contribution < -0.4 is 4.90 Å². The van der Waals surface area contributed by atoms with Crippen LogP contribution in [0.5, 0.6) is 0 Å². The van der Waals surface area contributed by atoms with Crippen molar-refractivity contribution in [2.24, 2.45) is 4.99 Å². The van der Waals surface area contributed by atoms with E-state index < -0.39 is 0 Å². The minimum atomic E-state index is -0.270. The lowest BCUT2D eigenvalue weighted by Gasteiger charge is -2.19. The normalized spacial score (nSPS) is 15.0. The number of benzene rings is 2. The second-order valence-electron chi connectivity index (χ2n) is 7.86. The van der Waals surface area contributed by atoms with Crippen molar-refractivity contribution in [3.63, 3.8) is 0 Å². The van der Waals surface area contributed by atoms with Crippen LogP contribution in [0.15, 0.2) is 72.0 Å². The van der Waals surface area contributed by atoms with Gasteiger partial charge in [0, 0.05) is 23.5 Å². The summed E-state index contributed by atoms with van der Waals surface area (Å²) in [5.41, 5.74) is 3.83. The minimum absolute atomic E-state index is 0.0410. The molecule has 5 heteroatoms. The third-order valence-corrected chi connectivity index (χ3v) is 4.84. The highest BCUT2D eigenvalue weighted by molar-refractivity contribution is 6.18. The summed E-state index contributed by atoms with van der Waals surface area (Å²) in [7, 11) is 0. The van der Waals surface area contributed by atoms with Gasteiger partial charge in [0.05, 0.1) is 6.54 Å². The van der Waals surface area contributed by atoms with Crippen molar-refractivity contribution < 1.29 is 4.79 Å². The molecule has 5 nitrogen and oxygen atoms in total. The van der Waals surface area contributed by atoms with E-state index in [0.29, 0.717) is 23.9 Å². The van der Waals surface area contributed by atoms with Gasteiger partial charge < -0.3 is 0 Å². The highest BCUT2D eigenvalue weighted by Crippen LogP contribution is 2.27. The predicted octanol–water partition coefficient (Wildman–Crippen LogP) is 4.38. The van der Waals surface area contributed by atoms with E-state index in [2.05, 4.69) is 35.7 Å². The molecule has 0 N–H and O–H groups in total. The molecule has 1 amide bonds. The molecular weight excluding hydrogens is 348 g/mol. The third kappa shape index (κ3) is 3.43. The van der Waals surface area contributed by atoms with Crippen LogP contribution in [-0.4, -0.2) is 21.7 Å². The van der Waals surface area contributed by atoms with Crippen molar-refractivity contribution in [2.75, 3.05) is 4.90 Å². The molecule has 0 spiro atoms. The molecule has 1 aliphatic heterocycles. The SMILES string of the molecule is CC(C)(C)c1ccc(C(=O)N=C2c3ccccc3CN2c2ncccn2)cc1. The smallest absolute Gasteiger partial charge is 0.278 e. The lowest BCUT2D eigenvalue weighted by molar-refractivity contribution is 0.100. The van der Waals surface area contributed by atoms with Gasteiger partial charge in [0.2, 0.25) is 5.95 Å². The number of rotatable bonds is 2. The van der Waals surface area contributed by atoms with Gasteiger partial charge in [0.15, 0.2) is 0 Å². The first-order valence-corrected chi connectivity index (χ1v) is 9.30. The first-order valence-electron chi connectivity index (χ1n) is 9.30. The molecule has 0 aliphatic carbocycles. The summed E-state index contributed by atoms with van der Waals surface area (Å²) in [6.07, 6.45) is 3.38. The van der Waals surface area contributed by atoms with Crippen LogP contribution in [0.4, 0.5) is 5.95 Å². The van der Waals surface area contributed by atoms with Gasteiger partial charge in [-0.3, -0.25) is 9.69 Å². The molecule has 0 radical (unpaired) electrons. The van der Waals surface area contributed by atoms with Crippen LogP contribution in [0.3, 0.4) is 0 Å². The van der Waals surface area contributed by atoms with Crippen LogP contribution >= 0.6 is 0 Å². The number of aliphatic imine (C=N–C) groups is 1. The fourth-order valence-corrected chi connectivity index (χ4v) is 3.26. The fourth-order valence-electron chi connectivity index (χ4n) is 3.26. The number of amidine groups is 1. The van der Waals surface area contributed by atoms with Crippen LogP contribution in [0.1, 0.15) is 47.8 Å². The number of amides is 1. The molecule has 28 heavy (non-hydrogen) atoms. The zero-order valence-electron chi connectivity index (χ0n) is 16.3.